The summed E-state index contributed by atoms with van der Waals surface area (Å²) in [5.74, 6) is 0.982. The average Bonchev–Trinajstić information content (AvgIpc) is 2.79. The van der Waals surface area contributed by atoms with Gasteiger partial charge < -0.3 is 4.74 Å². The van der Waals surface area contributed by atoms with E-state index in [-0.39, 0.29) is 5.97 Å². The van der Waals surface area contributed by atoms with Crippen LogP contribution in [0.15, 0.2) is 12.4 Å². The standard InChI is InChI=1S/C14H17N3O2S/c1-8-4-10(8)7-19-14(18)12-9(2)16-13(20-12)11-5-15-17(3)6-11/h5-6,8,10H,4,7H2,1-3H3/t8-,10-/m1/s1. The van der Waals surface area contributed by atoms with Gasteiger partial charge in [-0.1, -0.05) is 6.92 Å². The van der Waals surface area contributed by atoms with Crippen LogP contribution in [0.2, 0.25) is 0 Å². The van der Waals surface area contributed by atoms with Crippen LogP contribution in [0, 0.1) is 18.8 Å². The van der Waals surface area contributed by atoms with E-state index in [2.05, 4.69) is 17.0 Å². The van der Waals surface area contributed by atoms with Crippen molar-refractivity contribution in [3.63, 3.8) is 0 Å². The zero-order valence-corrected chi connectivity index (χ0v) is 12.6. The van der Waals surface area contributed by atoms with E-state index in [9.17, 15) is 4.79 Å². The molecule has 0 aromatic carbocycles. The van der Waals surface area contributed by atoms with Gasteiger partial charge in [0.25, 0.3) is 0 Å². The van der Waals surface area contributed by atoms with Crippen LogP contribution in [0.25, 0.3) is 10.6 Å². The van der Waals surface area contributed by atoms with Crippen molar-refractivity contribution < 1.29 is 9.53 Å². The number of aromatic nitrogens is 3. The van der Waals surface area contributed by atoms with E-state index in [1.165, 1.54) is 11.3 Å². The number of thiazole rings is 1. The smallest absolute Gasteiger partial charge is 0.350 e. The van der Waals surface area contributed by atoms with E-state index < -0.39 is 0 Å². The fourth-order valence-electron chi connectivity index (χ4n) is 2.12. The van der Waals surface area contributed by atoms with Gasteiger partial charge in [-0.25, -0.2) is 9.78 Å². The van der Waals surface area contributed by atoms with Crippen molar-refractivity contribution in [3.8, 4) is 10.6 Å². The maximum Gasteiger partial charge on any atom is 0.350 e. The van der Waals surface area contributed by atoms with Crippen LogP contribution in [0.4, 0.5) is 0 Å². The van der Waals surface area contributed by atoms with Crippen molar-refractivity contribution in [2.75, 3.05) is 6.61 Å². The minimum Gasteiger partial charge on any atom is -0.461 e. The Morgan fingerprint density at radius 1 is 1.60 bits per heavy atom. The number of hydrogen-bond acceptors (Lipinski definition) is 5. The zero-order valence-electron chi connectivity index (χ0n) is 11.8. The fourth-order valence-corrected chi connectivity index (χ4v) is 3.06. The molecule has 0 aliphatic heterocycles. The van der Waals surface area contributed by atoms with Gasteiger partial charge in [-0.3, -0.25) is 4.68 Å². The van der Waals surface area contributed by atoms with Gasteiger partial charge >= 0.3 is 5.97 Å². The van der Waals surface area contributed by atoms with Crippen LogP contribution in [-0.4, -0.2) is 27.3 Å². The van der Waals surface area contributed by atoms with Crippen molar-refractivity contribution in [1.29, 1.82) is 0 Å². The Balaban J connectivity index is 1.73. The molecule has 2 heterocycles. The summed E-state index contributed by atoms with van der Waals surface area (Å²) >= 11 is 1.37. The summed E-state index contributed by atoms with van der Waals surface area (Å²) in [6.07, 6.45) is 4.80. The van der Waals surface area contributed by atoms with Gasteiger partial charge in [0.15, 0.2) is 0 Å². The number of aryl methyl sites for hydroxylation is 2. The topological polar surface area (TPSA) is 57.0 Å². The predicted molar refractivity (Wildman–Crippen MR) is 76.6 cm³/mol. The SMILES string of the molecule is Cc1nc(-c2cnn(C)c2)sc1C(=O)OC[C@H]1C[C@H]1C. The van der Waals surface area contributed by atoms with E-state index in [0.717, 1.165) is 22.7 Å². The molecule has 1 saturated carbocycles. The molecule has 106 valence electrons. The van der Waals surface area contributed by atoms with E-state index >= 15 is 0 Å². The Hall–Kier alpha value is -1.69. The minimum absolute atomic E-state index is 0.255. The van der Waals surface area contributed by atoms with Gasteiger partial charge in [-0.05, 0) is 25.2 Å². The molecule has 3 rings (SSSR count). The summed E-state index contributed by atoms with van der Waals surface area (Å²) in [5.41, 5.74) is 1.65. The highest BCUT2D eigenvalue weighted by atomic mass is 32.1. The molecular formula is C14H17N3O2S. The van der Waals surface area contributed by atoms with Crippen molar-refractivity contribution in [2.45, 2.75) is 20.3 Å². The number of nitrogens with zero attached hydrogens (tertiary/aromatic N) is 3. The lowest BCUT2D eigenvalue weighted by molar-refractivity contribution is 0.0486. The molecule has 1 aliphatic carbocycles. The van der Waals surface area contributed by atoms with Crippen LogP contribution in [0.5, 0.6) is 0 Å². The molecule has 2 aromatic heterocycles. The van der Waals surface area contributed by atoms with Crippen molar-refractivity contribution >= 4 is 17.3 Å². The Labute approximate surface area is 121 Å². The monoisotopic (exact) mass is 291 g/mol. The third kappa shape index (κ3) is 2.60. The molecule has 0 unspecified atom stereocenters. The number of rotatable bonds is 4. The zero-order chi connectivity index (χ0) is 14.3. The fraction of sp³-hybridized carbons (Fsp3) is 0.500. The minimum atomic E-state index is -0.255. The largest absolute Gasteiger partial charge is 0.461 e. The molecule has 0 radical (unpaired) electrons. The van der Waals surface area contributed by atoms with Gasteiger partial charge in [-0.15, -0.1) is 11.3 Å². The Kier molecular flexibility index (Phi) is 3.33. The highest BCUT2D eigenvalue weighted by Crippen LogP contribution is 2.38. The quantitative estimate of drug-likeness (QED) is 0.813. The molecule has 0 N–H and O–H groups in total. The van der Waals surface area contributed by atoms with Crippen LogP contribution in [0.3, 0.4) is 0 Å². The van der Waals surface area contributed by atoms with E-state index in [1.54, 1.807) is 10.9 Å². The maximum atomic E-state index is 12.1. The van der Waals surface area contributed by atoms with Crippen molar-refractivity contribution in [3.05, 3.63) is 23.0 Å². The summed E-state index contributed by atoms with van der Waals surface area (Å²) in [6.45, 7) is 4.54. The van der Waals surface area contributed by atoms with Crippen LogP contribution in [0.1, 0.15) is 28.7 Å². The summed E-state index contributed by atoms with van der Waals surface area (Å²) < 4.78 is 7.09. The van der Waals surface area contributed by atoms with E-state index in [0.29, 0.717) is 23.3 Å². The van der Waals surface area contributed by atoms with E-state index in [4.69, 9.17) is 4.74 Å². The number of carbonyl (C=O) groups is 1. The molecule has 2 aromatic rings. The second kappa shape index (κ2) is 5.01. The number of esters is 1. The van der Waals surface area contributed by atoms with Crippen LogP contribution in [-0.2, 0) is 11.8 Å². The van der Waals surface area contributed by atoms with Gasteiger partial charge in [0.1, 0.15) is 9.88 Å². The predicted octanol–water partition coefficient (Wildman–Crippen LogP) is 2.66. The Morgan fingerprint density at radius 2 is 2.35 bits per heavy atom. The van der Waals surface area contributed by atoms with Crippen molar-refractivity contribution in [1.82, 2.24) is 14.8 Å². The molecule has 0 bridgehead atoms. The first-order valence-electron chi connectivity index (χ1n) is 6.68. The molecule has 5 nitrogen and oxygen atoms in total. The molecule has 0 spiro atoms. The lowest BCUT2D eigenvalue weighted by atomic mass is 10.3. The van der Waals surface area contributed by atoms with Gasteiger partial charge in [0.2, 0.25) is 0 Å². The number of carbonyl (C=O) groups excluding carboxylic acids is 1. The Bertz CT molecular complexity index is 647. The van der Waals surface area contributed by atoms with Crippen molar-refractivity contribution in [2.24, 2.45) is 18.9 Å². The summed E-state index contributed by atoms with van der Waals surface area (Å²) in [4.78, 5) is 17.1. The lowest BCUT2D eigenvalue weighted by Crippen LogP contribution is -2.07. The molecule has 0 amide bonds. The molecule has 2 atom stereocenters. The molecule has 1 aliphatic rings. The highest BCUT2D eigenvalue weighted by Gasteiger charge is 2.34. The average molecular weight is 291 g/mol. The summed E-state index contributed by atoms with van der Waals surface area (Å²) in [5, 5.41) is 4.93. The third-order valence-corrected chi connectivity index (χ3v) is 4.83. The molecule has 1 fully saturated rings. The second-order valence-electron chi connectivity index (χ2n) is 5.41. The first kappa shape index (κ1) is 13.3. The lowest BCUT2D eigenvalue weighted by Gasteiger charge is -2.01. The van der Waals surface area contributed by atoms with Gasteiger partial charge in [0, 0.05) is 18.8 Å². The first-order chi connectivity index (χ1) is 9.54. The molecule has 20 heavy (non-hydrogen) atoms. The van der Waals surface area contributed by atoms with Crippen LogP contribution < -0.4 is 0 Å². The van der Waals surface area contributed by atoms with Gasteiger partial charge in [0.05, 0.1) is 18.5 Å². The molecule has 6 heteroatoms. The maximum absolute atomic E-state index is 12.1. The second-order valence-corrected chi connectivity index (χ2v) is 6.41. The molecule has 0 saturated heterocycles. The van der Waals surface area contributed by atoms with Crippen LogP contribution >= 0.6 is 11.3 Å². The normalized spacial score (nSPS) is 20.9. The first-order valence-corrected chi connectivity index (χ1v) is 7.50. The third-order valence-electron chi connectivity index (χ3n) is 3.64. The molecular weight excluding hydrogens is 274 g/mol. The number of ether oxygens (including phenoxy) is 1. The van der Waals surface area contributed by atoms with Gasteiger partial charge in [-0.2, -0.15) is 5.10 Å². The Morgan fingerprint density at radius 3 is 2.95 bits per heavy atom. The summed E-state index contributed by atoms with van der Waals surface area (Å²) in [6, 6.07) is 0. The summed E-state index contributed by atoms with van der Waals surface area (Å²) in [7, 11) is 1.86. The highest BCUT2D eigenvalue weighted by molar-refractivity contribution is 7.17. The van der Waals surface area contributed by atoms with E-state index in [1.807, 2.05) is 20.2 Å². The number of hydrogen-bond donors (Lipinski definition) is 0.